The number of ether oxygens (including phenoxy) is 1. The van der Waals surface area contributed by atoms with Gasteiger partial charge in [0.05, 0.1) is 10.0 Å². The standard InChI is InChI=1S/C18H23Cl2N5O/c19-15-3-2-14(12-16(15)20)26-13-5-10-25(11-6-13)9-1-7-22-17-4-8-23-18(21)24-17/h2-4,8,12-13H,1,5-7,9-11H2,(H3,21,22,23,24). The number of hydrogen-bond donors (Lipinski definition) is 2. The largest absolute Gasteiger partial charge is 0.490 e. The van der Waals surface area contributed by atoms with Crippen molar-refractivity contribution in [1.82, 2.24) is 14.9 Å². The van der Waals surface area contributed by atoms with Gasteiger partial charge < -0.3 is 20.7 Å². The molecular formula is C18H23Cl2N5O. The number of likely N-dealkylation sites (tertiary alicyclic amines) is 1. The van der Waals surface area contributed by atoms with Crippen LogP contribution in [0.2, 0.25) is 10.0 Å². The smallest absolute Gasteiger partial charge is 0.221 e. The molecule has 1 fully saturated rings. The molecule has 0 bridgehead atoms. The normalized spacial score (nSPS) is 15.8. The van der Waals surface area contributed by atoms with Crippen molar-refractivity contribution >= 4 is 35.0 Å². The van der Waals surface area contributed by atoms with E-state index in [0.717, 1.165) is 57.0 Å². The van der Waals surface area contributed by atoms with Crippen molar-refractivity contribution in [3.63, 3.8) is 0 Å². The first-order chi connectivity index (χ1) is 12.6. The van der Waals surface area contributed by atoms with Crippen LogP contribution in [-0.2, 0) is 0 Å². The van der Waals surface area contributed by atoms with E-state index < -0.39 is 0 Å². The summed E-state index contributed by atoms with van der Waals surface area (Å²) in [5.41, 5.74) is 5.57. The minimum absolute atomic E-state index is 0.227. The van der Waals surface area contributed by atoms with Crippen molar-refractivity contribution in [2.45, 2.75) is 25.4 Å². The fourth-order valence-corrected chi connectivity index (χ4v) is 3.27. The summed E-state index contributed by atoms with van der Waals surface area (Å²) in [5.74, 6) is 1.84. The molecule has 0 aliphatic carbocycles. The molecule has 2 aromatic rings. The SMILES string of the molecule is Nc1nccc(NCCCN2CCC(Oc3ccc(Cl)c(Cl)c3)CC2)n1. The Morgan fingerprint density at radius 1 is 1.19 bits per heavy atom. The Kier molecular flexibility index (Phi) is 6.77. The molecule has 0 saturated carbocycles. The Labute approximate surface area is 163 Å². The van der Waals surface area contributed by atoms with Gasteiger partial charge in [-0.05, 0) is 44.0 Å². The van der Waals surface area contributed by atoms with Crippen molar-refractivity contribution in [2.24, 2.45) is 0 Å². The van der Waals surface area contributed by atoms with Gasteiger partial charge in [-0.1, -0.05) is 23.2 Å². The van der Waals surface area contributed by atoms with Crippen molar-refractivity contribution in [3.8, 4) is 5.75 Å². The van der Waals surface area contributed by atoms with Crippen LogP contribution >= 0.6 is 23.2 Å². The van der Waals surface area contributed by atoms with Gasteiger partial charge in [0, 0.05) is 31.9 Å². The van der Waals surface area contributed by atoms with Gasteiger partial charge in [-0.25, -0.2) is 4.98 Å². The van der Waals surface area contributed by atoms with Crippen LogP contribution < -0.4 is 15.8 Å². The van der Waals surface area contributed by atoms with E-state index in [-0.39, 0.29) is 6.10 Å². The number of rotatable bonds is 7. The number of nitrogens with two attached hydrogens (primary N) is 1. The molecule has 140 valence electrons. The van der Waals surface area contributed by atoms with E-state index in [1.165, 1.54) is 0 Å². The third-order valence-electron chi connectivity index (χ3n) is 4.36. The minimum atomic E-state index is 0.227. The van der Waals surface area contributed by atoms with Gasteiger partial charge in [0.15, 0.2) is 0 Å². The molecule has 0 spiro atoms. The molecule has 0 amide bonds. The number of hydrogen-bond acceptors (Lipinski definition) is 6. The van der Waals surface area contributed by atoms with Gasteiger partial charge in [0.25, 0.3) is 0 Å². The number of anilines is 2. The predicted octanol–water partition coefficient (Wildman–Crippen LogP) is 3.71. The van der Waals surface area contributed by atoms with Gasteiger partial charge >= 0.3 is 0 Å². The molecule has 1 aromatic heterocycles. The highest BCUT2D eigenvalue weighted by molar-refractivity contribution is 6.42. The lowest BCUT2D eigenvalue weighted by Crippen LogP contribution is -2.39. The highest BCUT2D eigenvalue weighted by atomic mass is 35.5. The Morgan fingerprint density at radius 2 is 2.00 bits per heavy atom. The van der Waals surface area contributed by atoms with Gasteiger partial charge in [-0.2, -0.15) is 4.98 Å². The molecule has 3 rings (SSSR count). The third kappa shape index (κ3) is 5.62. The number of nitrogen functional groups attached to an aromatic ring is 1. The molecule has 2 heterocycles. The number of benzene rings is 1. The molecule has 6 nitrogen and oxygen atoms in total. The topological polar surface area (TPSA) is 76.3 Å². The molecule has 1 aromatic carbocycles. The Hall–Kier alpha value is -1.76. The summed E-state index contributed by atoms with van der Waals surface area (Å²) in [6.07, 6.45) is 4.95. The first kappa shape index (κ1) is 19.0. The maximum Gasteiger partial charge on any atom is 0.221 e. The molecule has 1 aliphatic rings. The van der Waals surface area contributed by atoms with E-state index in [4.69, 9.17) is 33.7 Å². The van der Waals surface area contributed by atoms with Crippen molar-refractivity contribution in [3.05, 3.63) is 40.5 Å². The van der Waals surface area contributed by atoms with E-state index in [1.54, 1.807) is 18.3 Å². The number of piperidine rings is 1. The summed E-state index contributed by atoms with van der Waals surface area (Å²) in [6.45, 7) is 3.97. The molecule has 8 heteroatoms. The van der Waals surface area contributed by atoms with E-state index in [2.05, 4.69) is 20.2 Å². The highest BCUT2D eigenvalue weighted by Crippen LogP contribution is 2.28. The maximum atomic E-state index is 6.04. The second-order valence-corrected chi connectivity index (χ2v) is 7.13. The zero-order valence-corrected chi connectivity index (χ0v) is 16.0. The first-order valence-electron chi connectivity index (χ1n) is 8.76. The average Bonchev–Trinajstić information content (AvgIpc) is 2.63. The maximum absolute atomic E-state index is 6.04. The summed E-state index contributed by atoms with van der Waals surface area (Å²) in [5, 5.41) is 4.35. The molecule has 0 unspecified atom stereocenters. The van der Waals surface area contributed by atoms with Crippen LogP contribution in [0.1, 0.15) is 19.3 Å². The van der Waals surface area contributed by atoms with Gasteiger partial charge in [-0.15, -0.1) is 0 Å². The molecule has 1 saturated heterocycles. The summed E-state index contributed by atoms with van der Waals surface area (Å²) in [4.78, 5) is 10.5. The van der Waals surface area contributed by atoms with Gasteiger partial charge in [-0.3, -0.25) is 0 Å². The van der Waals surface area contributed by atoms with Crippen LogP contribution in [-0.4, -0.2) is 47.2 Å². The fourth-order valence-electron chi connectivity index (χ4n) is 2.98. The quantitative estimate of drug-likeness (QED) is 0.695. The Morgan fingerprint density at radius 3 is 2.73 bits per heavy atom. The van der Waals surface area contributed by atoms with Crippen molar-refractivity contribution in [2.75, 3.05) is 37.2 Å². The Balaban J connectivity index is 1.34. The molecular weight excluding hydrogens is 373 g/mol. The fraction of sp³-hybridized carbons (Fsp3) is 0.444. The minimum Gasteiger partial charge on any atom is -0.490 e. The highest BCUT2D eigenvalue weighted by Gasteiger charge is 2.20. The lowest BCUT2D eigenvalue weighted by Gasteiger charge is -2.32. The van der Waals surface area contributed by atoms with Crippen LogP contribution in [0.4, 0.5) is 11.8 Å². The molecule has 26 heavy (non-hydrogen) atoms. The molecule has 0 atom stereocenters. The zero-order chi connectivity index (χ0) is 18.4. The first-order valence-corrected chi connectivity index (χ1v) is 9.52. The summed E-state index contributed by atoms with van der Waals surface area (Å²) in [6, 6.07) is 7.24. The number of aromatic nitrogens is 2. The molecule has 3 N–H and O–H groups in total. The Bertz CT molecular complexity index is 722. The number of nitrogens with one attached hydrogen (secondary N) is 1. The van der Waals surface area contributed by atoms with Crippen LogP contribution in [0, 0.1) is 0 Å². The van der Waals surface area contributed by atoms with Crippen LogP contribution in [0.5, 0.6) is 5.75 Å². The van der Waals surface area contributed by atoms with E-state index >= 15 is 0 Å². The van der Waals surface area contributed by atoms with Crippen molar-refractivity contribution < 1.29 is 4.74 Å². The lowest BCUT2D eigenvalue weighted by molar-refractivity contribution is 0.100. The van der Waals surface area contributed by atoms with Crippen LogP contribution in [0.15, 0.2) is 30.5 Å². The van der Waals surface area contributed by atoms with E-state index in [1.807, 2.05) is 12.1 Å². The van der Waals surface area contributed by atoms with E-state index in [9.17, 15) is 0 Å². The molecule has 0 radical (unpaired) electrons. The second-order valence-electron chi connectivity index (χ2n) is 6.32. The summed E-state index contributed by atoms with van der Waals surface area (Å²) < 4.78 is 6.03. The average molecular weight is 396 g/mol. The third-order valence-corrected chi connectivity index (χ3v) is 5.10. The lowest BCUT2D eigenvalue weighted by atomic mass is 10.1. The van der Waals surface area contributed by atoms with Gasteiger partial charge in [0.1, 0.15) is 17.7 Å². The van der Waals surface area contributed by atoms with Crippen molar-refractivity contribution in [1.29, 1.82) is 0 Å². The zero-order valence-electron chi connectivity index (χ0n) is 14.5. The summed E-state index contributed by atoms with van der Waals surface area (Å²) >= 11 is 12.0. The van der Waals surface area contributed by atoms with Crippen LogP contribution in [0.3, 0.4) is 0 Å². The van der Waals surface area contributed by atoms with E-state index in [0.29, 0.717) is 16.0 Å². The monoisotopic (exact) mass is 395 g/mol. The number of nitrogens with zero attached hydrogens (tertiary/aromatic N) is 3. The van der Waals surface area contributed by atoms with Gasteiger partial charge in [0.2, 0.25) is 5.95 Å². The number of halogens is 2. The second kappa shape index (κ2) is 9.26. The predicted molar refractivity (Wildman–Crippen MR) is 106 cm³/mol. The van der Waals surface area contributed by atoms with Crippen LogP contribution in [0.25, 0.3) is 0 Å². The molecule has 1 aliphatic heterocycles. The summed E-state index contributed by atoms with van der Waals surface area (Å²) in [7, 11) is 0.